The lowest BCUT2D eigenvalue weighted by molar-refractivity contribution is -0.137. The summed E-state index contributed by atoms with van der Waals surface area (Å²) in [6, 6.07) is 5.07. The van der Waals surface area contributed by atoms with Gasteiger partial charge in [0.2, 0.25) is 0 Å². The minimum Gasteiger partial charge on any atom is -0.314 e. The molecule has 1 aromatic carbocycles. The van der Waals surface area contributed by atoms with Gasteiger partial charge in [-0.1, -0.05) is 6.07 Å². The van der Waals surface area contributed by atoms with Crippen LogP contribution < -0.4 is 5.32 Å². The number of nitrogens with zero attached hydrogens (tertiary/aromatic N) is 5. The zero-order valence-electron chi connectivity index (χ0n) is 12.9. The third-order valence-corrected chi connectivity index (χ3v) is 4.79. The lowest BCUT2D eigenvalue weighted by Crippen LogP contribution is -2.52. The second-order valence-electron chi connectivity index (χ2n) is 6.38. The van der Waals surface area contributed by atoms with Crippen LogP contribution in [-0.4, -0.2) is 50.3 Å². The summed E-state index contributed by atoms with van der Waals surface area (Å²) < 4.78 is 40.1. The van der Waals surface area contributed by atoms with Gasteiger partial charge in [-0.25, -0.2) is 0 Å². The first-order valence-corrected chi connectivity index (χ1v) is 7.89. The van der Waals surface area contributed by atoms with E-state index in [1.54, 1.807) is 6.07 Å². The van der Waals surface area contributed by atoms with E-state index in [2.05, 4.69) is 25.7 Å². The topological polar surface area (TPSA) is 58.9 Å². The van der Waals surface area contributed by atoms with Crippen molar-refractivity contribution in [2.24, 2.45) is 0 Å². The SMILES string of the molecule is FC(F)(F)c1cccc(-n2nnnc2CN2CCNCC23CC3)c1. The first-order valence-electron chi connectivity index (χ1n) is 7.89. The van der Waals surface area contributed by atoms with Gasteiger partial charge in [0.15, 0.2) is 5.82 Å². The van der Waals surface area contributed by atoms with E-state index in [9.17, 15) is 13.2 Å². The maximum absolute atomic E-state index is 12.9. The van der Waals surface area contributed by atoms with Crippen molar-refractivity contribution in [2.45, 2.75) is 31.1 Å². The Hall–Kier alpha value is -2.00. The number of halogens is 3. The van der Waals surface area contributed by atoms with E-state index >= 15 is 0 Å². The molecule has 128 valence electrons. The molecule has 2 aromatic rings. The quantitative estimate of drug-likeness (QED) is 0.922. The number of rotatable bonds is 3. The van der Waals surface area contributed by atoms with E-state index in [0.29, 0.717) is 18.1 Å². The van der Waals surface area contributed by atoms with E-state index in [-0.39, 0.29) is 5.54 Å². The Morgan fingerprint density at radius 1 is 1.25 bits per heavy atom. The van der Waals surface area contributed by atoms with Crippen LogP contribution in [0.1, 0.15) is 24.2 Å². The van der Waals surface area contributed by atoms with Gasteiger partial charge in [0.05, 0.1) is 17.8 Å². The van der Waals surface area contributed by atoms with Crippen LogP contribution in [0.3, 0.4) is 0 Å². The van der Waals surface area contributed by atoms with Gasteiger partial charge in [-0.2, -0.15) is 17.9 Å². The molecule has 2 fully saturated rings. The molecule has 24 heavy (non-hydrogen) atoms. The minimum absolute atomic E-state index is 0.169. The maximum atomic E-state index is 12.9. The van der Waals surface area contributed by atoms with Gasteiger partial charge in [0, 0.05) is 25.2 Å². The van der Waals surface area contributed by atoms with E-state index in [4.69, 9.17) is 0 Å². The second kappa shape index (κ2) is 5.52. The highest BCUT2D eigenvalue weighted by Gasteiger charge is 2.49. The Morgan fingerprint density at radius 2 is 2.08 bits per heavy atom. The molecule has 1 aliphatic heterocycles. The van der Waals surface area contributed by atoms with Crippen LogP contribution in [0.25, 0.3) is 5.69 Å². The summed E-state index contributed by atoms with van der Waals surface area (Å²) in [5.41, 5.74) is -0.213. The average Bonchev–Trinajstić information content (AvgIpc) is 3.17. The van der Waals surface area contributed by atoms with Crippen LogP contribution in [0.4, 0.5) is 13.2 Å². The van der Waals surface area contributed by atoms with Gasteiger partial charge >= 0.3 is 6.18 Å². The molecule has 9 heteroatoms. The molecule has 1 N–H and O–H groups in total. The van der Waals surface area contributed by atoms with E-state index in [0.717, 1.165) is 44.6 Å². The first kappa shape index (κ1) is 15.5. The molecule has 0 bridgehead atoms. The number of hydrogen-bond acceptors (Lipinski definition) is 5. The lowest BCUT2D eigenvalue weighted by Gasteiger charge is -2.36. The molecule has 1 saturated carbocycles. The van der Waals surface area contributed by atoms with Crippen LogP contribution in [0.2, 0.25) is 0 Å². The van der Waals surface area contributed by atoms with Gasteiger partial charge < -0.3 is 5.32 Å². The highest BCUT2D eigenvalue weighted by molar-refractivity contribution is 5.36. The summed E-state index contributed by atoms with van der Waals surface area (Å²) in [5.74, 6) is 0.558. The van der Waals surface area contributed by atoms with E-state index in [1.165, 1.54) is 10.7 Å². The van der Waals surface area contributed by atoms with E-state index in [1.807, 2.05) is 0 Å². The summed E-state index contributed by atoms with van der Waals surface area (Å²) >= 11 is 0. The van der Waals surface area contributed by atoms with Crippen LogP contribution in [0, 0.1) is 0 Å². The van der Waals surface area contributed by atoms with Gasteiger partial charge in [-0.3, -0.25) is 4.90 Å². The van der Waals surface area contributed by atoms with Crippen molar-refractivity contribution >= 4 is 0 Å². The van der Waals surface area contributed by atoms with Crippen molar-refractivity contribution in [2.75, 3.05) is 19.6 Å². The number of hydrogen-bond donors (Lipinski definition) is 1. The Bertz CT molecular complexity index is 737. The zero-order valence-corrected chi connectivity index (χ0v) is 12.9. The monoisotopic (exact) mass is 338 g/mol. The summed E-state index contributed by atoms with van der Waals surface area (Å²) in [6.07, 6.45) is -2.13. The Kier molecular flexibility index (Phi) is 3.57. The first-order chi connectivity index (χ1) is 11.5. The van der Waals surface area contributed by atoms with Crippen LogP contribution in [0.15, 0.2) is 24.3 Å². The zero-order chi connectivity index (χ0) is 16.8. The highest BCUT2D eigenvalue weighted by Crippen LogP contribution is 2.42. The summed E-state index contributed by atoms with van der Waals surface area (Å²) in [7, 11) is 0. The number of aromatic nitrogens is 4. The number of alkyl halides is 3. The fraction of sp³-hybridized carbons (Fsp3) is 0.533. The molecule has 0 atom stereocenters. The predicted molar refractivity (Wildman–Crippen MR) is 79.4 cm³/mol. The number of benzene rings is 1. The van der Waals surface area contributed by atoms with Crippen molar-refractivity contribution < 1.29 is 13.2 Å². The van der Waals surface area contributed by atoms with Gasteiger partial charge in [-0.15, -0.1) is 5.10 Å². The molecule has 0 radical (unpaired) electrons. The molecule has 0 amide bonds. The smallest absolute Gasteiger partial charge is 0.314 e. The standard InChI is InChI=1S/C15H17F3N6/c16-15(17,18)11-2-1-3-12(8-11)24-13(20-21-22-24)9-23-7-6-19-10-14(23)4-5-14/h1-3,8,19H,4-7,9-10H2. The fourth-order valence-electron chi connectivity index (χ4n) is 3.26. The van der Waals surface area contributed by atoms with Crippen molar-refractivity contribution in [1.29, 1.82) is 0 Å². The third kappa shape index (κ3) is 2.78. The Morgan fingerprint density at radius 3 is 2.83 bits per heavy atom. The van der Waals surface area contributed by atoms with Crippen molar-refractivity contribution in [1.82, 2.24) is 30.4 Å². The lowest BCUT2D eigenvalue weighted by atomic mass is 10.1. The molecule has 2 heterocycles. The number of nitrogens with one attached hydrogen (secondary N) is 1. The Balaban J connectivity index is 1.61. The third-order valence-electron chi connectivity index (χ3n) is 4.79. The molecular weight excluding hydrogens is 321 g/mol. The van der Waals surface area contributed by atoms with Gasteiger partial charge in [-0.05, 0) is 41.5 Å². The van der Waals surface area contributed by atoms with Crippen LogP contribution >= 0.6 is 0 Å². The van der Waals surface area contributed by atoms with Crippen molar-refractivity contribution in [3.05, 3.63) is 35.7 Å². The Labute approximate surface area is 136 Å². The molecule has 6 nitrogen and oxygen atoms in total. The molecule has 1 spiro atoms. The molecule has 1 saturated heterocycles. The van der Waals surface area contributed by atoms with Crippen molar-refractivity contribution in [3.8, 4) is 5.69 Å². The van der Waals surface area contributed by atoms with E-state index < -0.39 is 11.7 Å². The molecule has 4 rings (SSSR count). The number of tetrazole rings is 1. The summed E-state index contributed by atoms with van der Waals surface area (Å²) in [5, 5.41) is 15.0. The highest BCUT2D eigenvalue weighted by atomic mass is 19.4. The molecule has 1 aromatic heterocycles. The minimum atomic E-state index is -4.39. The maximum Gasteiger partial charge on any atom is 0.416 e. The van der Waals surface area contributed by atoms with Crippen LogP contribution in [0.5, 0.6) is 0 Å². The second-order valence-corrected chi connectivity index (χ2v) is 6.38. The van der Waals surface area contributed by atoms with Gasteiger partial charge in [0.25, 0.3) is 0 Å². The van der Waals surface area contributed by atoms with Crippen LogP contribution in [-0.2, 0) is 12.7 Å². The predicted octanol–water partition coefficient (Wildman–Crippen LogP) is 1.62. The molecule has 1 aliphatic carbocycles. The molecule has 2 aliphatic rings. The summed E-state index contributed by atoms with van der Waals surface area (Å²) in [6.45, 7) is 3.26. The molecule has 0 unspecified atom stereocenters. The molecular formula is C15H17F3N6. The average molecular weight is 338 g/mol. The normalized spacial score (nSPS) is 20.5. The number of piperazine rings is 1. The van der Waals surface area contributed by atoms with Crippen molar-refractivity contribution in [3.63, 3.8) is 0 Å². The summed E-state index contributed by atoms with van der Waals surface area (Å²) in [4.78, 5) is 2.33. The fourth-order valence-corrected chi connectivity index (χ4v) is 3.26. The largest absolute Gasteiger partial charge is 0.416 e. The van der Waals surface area contributed by atoms with Gasteiger partial charge in [0.1, 0.15) is 0 Å².